The number of unbranched alkanes of at least 4 members (excludes halogenated alkanes) is 30. The summed E-state index contributed by atoms with van der Waals surface area (Å²) in [6.07, 6.45) is 30.0. The Morgan fingerprint density at radius 2 is 0.850 bits per heavy atom. The number of aliphatic hydroxyl groups is 3. The topological polar surface area (TPSA) is 186 Å². The molecule has 1 heterocycles. The van der Waals surface area contributed by atoms with Gasteiger partial charge in [0.25, 0.3) is 10.1 Å². The van der Waals surface area contributed by atoms with Crippen LogP contribution in [0.15, 0.2) is 0 Å². The number of ether oxygens (including phenoxy) is 4. The van der Waals surface area contributed by atoms with Crippen LogP contribution >= 0.6 is 0 Å². The maximum absolute atomic E-state index is 12.8. The summed E-state index contributed by atoms with van der Waals surface area (Å²) >= 11 is 0. The van der Waals surface area contributed by atoms with E-state index in [1.54, 1.807) is 0 Å². The molecule has 1 aliphatic heterocycles. The highest BCUT2D eigenvalue weighted by Crippen LogP contribution is 2.24. The molecule has 2 unspecified atom stereocenters. The minimum absolute atomic E-state index is 0.172. The number of rotatable bonds is 42. The second kappa shape index (κ2) is 38.1. The number of carbonyl (C=O) groups excluding carboxylic acids is 2. The molecule has 0 saturated carbocycles. The van der Waals surface area contributed by atoms with Crippen LogP contribution in [0.3, 0.4) is 0 Å². The maximum Gasteiger partial charge on any atom is 0.306 e. The van der Waals surface area contributed by atoms with Gasteiger partial charge < -0.3 is 34.3 Å². The number of hydrogen-bond donors (Lipinski definition) is 4. The van der Waals surface area contributed by atoms with E-state index in [9.17, 15) is 37.9 Å². The Balaban J connectivity index is 2.38. The highest BCUT2D eigenvalue weighted by atomic mass is 32.2. The number of carbonyl (C=O) groups is 2. The van der Waals surface area contributed by atoms with Crippen molar-refractivity contribution in [1.82, 2.24) is 0 Å². The lowest BCUT2D eigenvalue weighted by Gasteiger charge is -2.40. The first-order chi connectivity index (χ1) is 29.0. The first-order valence-corrected chi connectivity index (χ1v) is 26.2. The van der Waals surface area contributed by atoms with E-state index in [0.29, 0.717) is 12.8 Å². The first kappa shape index (κ1) is 56.7. The molecular weight excluding hydrogens is 789 g/mol. The number of aliphatic hydroxyl groups excluding tert-OH is 3. The molecule has 0 bridgehead atoms. The van der Waals surface area contributed by atoms with Crippen molar-refractivity contribution < 1.29 is 56.8 Å². The van der Waals surface area contributed by atoms with Gasteiger partial charge in [-0.25, -0.2) is 0 Å². The molecular formula is C47H90O12S. The summed E-state index contributed by atoms with van der Waals surface area (Å²) in [4.78, 5) is 25.5. The SMILES string of the molecule is CCCCCCCCCCCCCCCCCCCC(=O)OC[C@H](CO[C@H]1O[C@H](CS(=O)(=O)O)[C@@H](O)C(O)C1O)OC(=O)CCCCCCCCCCCCCCCCC. The van der Waals surface area contributed by atoms with Gasteiger partial charge in [-0.15, -0.1) is 0 Å². The quantitative estimate of drug-likeness (QED) is 0.0259. The summed E-state index contributed by atoms with van der Waals surface area (Å²) in [6, 6.07) is 0. The molecule has 0 radical (unpaired) electrons. The van der Waals surface area contributed by atoms with Gasteiger partial charge >= 0.3 is 11.9 Å². The van der Waals surface area contributed by atoms with Gasteiger partial charge in [0, 0.05) is 12.8 Å². The fraction of sp³-hybridized carbons (Fsp3) is 0.957. The minimum Gasteiger partial charge on any atom is -0.462 e. The van der Waals surface area contributed by atoms with Crippen LogP contribution in [-0.4, -0.2) is 96.0 Å². The van der Waals surface area contributed by atoms with Gasteiger partial charge in [0.2, 0.25) is 0 Å². The second-order valence-corrected chi connectivity index (χ2v) is 19.0. The zero-order valence-electron chi connectivity index (χ0n) is 38.1. The normalized spacial score (nSPS) is 20.0. The average Bonchev–Trinajstić information content (AvgIpc) is 3.21. The first-order valence-electron chi connectivity index (χ1n) is 24.6. The monoisotopic (exact) mass is 879 g/mol. The van der Waals surface area contributed by atoms with Gasteiger partial charge in [-0.05, 0) is 12.8 Å². The molecule has 0 amide bonds. The summed E-state index contributed by atoms with van der Waals surface area (Å²) in [5.74, 6) is -1.96. The Hall–Kier alpha value is -1.35. The van der Waals surface area contributed by atoms with Crippen LogP contribution in [0.5, 0.6) is 0 Å². The fourth-order valence-electron chi connectivity index (χ4n) is 7.86. The van der Waals surface area contributed by atoms with Gasteiger partial charge in [0.05, 0.1) is 6.61 Å². The molecule has 4 N–H and O–H groups in total. The number of hydrogen-bond acceptors (Lipinski definition) is 11. The van der Waals surface area contributed by atoms with Crippen molar-refractivity contribution >= 4 is 22.1 Å². The zero-order valence-corrected chi connectivity index (χ0v) is 38.9. The Bertz CT molecular complexity index is 1120. The molecule has 6 atom stereocenters. The van der Waals surface area contributed by atoms with Gasteiger partial charge in [-0.2, -0.15) is 8.42 Å². The molecule has 1 aliphatic rings. The molecule has 356 valence electrons. The lowest BCUT2D eigenvalue weighted by atomic mass is 10.00. The number of esters is 2. The fourth-order valence-corrected chi connectivity index (χ4v) is 8.55. The van der Waals surface area contributed by atoms with Crippen LogP contribution in [-0.2, 0) is 38.7 Å². The Labute approximate surface area is 365 Å². The van der Waals surface area contributed by atoms with Gasteiger partial charge in [0.1, 0.15) is 36.8 Å². The summed E-state index contributed by atoms with van der Waals surface area (Å²) in [7, 11) is -4.60. The van der Waals surface area contributed by atoms with Crippen molar-refractivity contribution in [2.24, 2.45) is 0 Å². The molecule has 1 saturated heterocycles. The Morgan fingerprint density at radius 3 is 1.22 bits per heavy atom. The van der Waals surface area contributed by atoms with E-state index in [4.69, 9.17) is 18.9 Å². The lowest BCUT2D eigenvalue weighted by Crippen LogP contribution is -2.60. The van der Waals surface area contributed by atoms with Gasteiger partial charge in [-0.1, -0.05) is 206 Å². The third-order valence-electron chi connectivity index (χ3n) is 11.7. The van der Waals surface area contributed by atoms with E-state index < -0.39 is 71.2 Å². The van der Waals surface area contributed by atoms with E-state index in [1.165, 1.54) is 154 Å². The van der Waals surface area contributed by atoms with Crippen LogP contribution in [0, 0.1) is 0 Å². The molecule has 0 spiro atoms. The molecule has 0 aromatic heterocycles. The Morgan fingerprint density at radius 1 is 0.500 bits per heavy atom. The van der Waals surface area contributed by atoms with Crippen molar-refractivity contribution in [1.29, 1.82) is 0 Å². The lowest BCUT2D eigenvalue weighted by molar-refractivity contribution is -0.297. The maximum atomic E-state index is 12.8. The van der Waals surface area contributed by atoms with Crippen LogP contribution in [0.1, 0.15) is 232 Å². The molecule has 12 nitrogen and oxygen atoms in total. The molecule has 60 heavy (non-hydrogen) atoms. The van der Waals surface area contributed by atoms with E-state index in [2.05, 4.69) is 13.8 Å². The molecule has 0 aromatic rings. The van der Waals surface area contributed by atoms with E-state index in [-0.39, 0.29) is 19.4 Å². The van der Waals surface area contributed by atoms with Crippen molar-refractivity contribution in [3.8, 4) is 0 Å². The van der Waals surface area contributed by atoms with Gasteiger partial charge in [0.15, 0.2) is 12.4 Å². The standard InChI is InChI=1S/C47H90O12S/c1-3-5-7-9-11-13-15-17-19-20-22-23-25-27-29-31-33-35-42(48)56-37-40(38-57-47-46(52)45(51)44(50)41(59-47)39-60(53,54)55)58-43(49)36-34-32-30-28-26-24-21-18-16-14-12-10-8-6-4-2/h40-41,44-47,50-52H,3-39H2,1-2H3,(H,53,54,55)/t40-,41-,44-,45?,46?,47+/m1/s1. The third-order valence-corrected chi connectivity index (χ3v) is 12.4. The largest absolute Gasteiger partial charge is 0.462 e. The zero-order chi connectivity index (χ0) is 44.1. The summed E-state index contributed by atoms with van der Waals surface area (Å²) in [6.45, 7) is 3.80. The van der Waals surface area contributed by atoms with Crippen LogP contribution < -0.4 is 0 Å². The molecule has 13 heteroatoms. The second-order valence-electron chi connectivity index (χ2n) is 17.5. The van der Waals surface area contributed by atoms with Gasteiger partial charge in [-0.3, -0.25) is 14.1 Å². The van der Waals surface area contributed by atoms with E-state index in [1.807, 2.05) is 0 Å². The van der Waals surface area contributed by atoms with Crippen LogP contribution in [0.2, 0.25) is 0 Å². The van der Waals surface area contributed by atoms with Crippen molar-refractivity contribution in [2.75, 3.05) is 19.0 Å². The van der Waals surface area contributed by atoms with Crippen molar-refractivity contribution in [2.45, 2.75) is 269 Å². The molecule has 1 fully saturated rings. The minimum atomic E-state index is -4.60. The highest BCUT2D eigenvalue weighted by molar-refractivity contribution is 7.85. The molecule has 1 rings (SSSR count). The molecule has 0 aliphatic carbocycles. The predicted molar refractivity (Wildman–Crippen MR) is 238 cm³/mol. The van der Waals surface area contributed by atoms with Crippen LogP contribution in [0.25, 0.3) is 0 Å². The average molecular weight is 879 g/mol. The highest BCUT2D eigenvalue weighted by Gasteiger charge is 2.46. The molecule has 0 aromatic carbocycles. The predicted octanol–water partition coefficient (Wildman–Crippen LogP) is 10.5. The third kappa shape index (κ3) is 32.3. The smallest absolute Gasteiger partial charge is 0.306 e. The van der Waals surface area contributed by atoms with Crippen LogP contribution in [0.4, 0.5) is 0 Å². The van der Waals surface area contributed by atoms with Crippen molar-refractivity contribution in [3.63, 3.8) is 0 Å². The summed E-state index contributed by atoms with van der Waals surface area (Å²) < 4.78 is 54.2. The Kier molecular flexibility index (Phi) is 36.0. The van der Waals surface area contributed by atoms with Crippen molar-refractivity contribution in [3.05, 3.63) is 0 Å². The summed E-state index contributed by atoms with van der Waals surface area (Å²) in [5, 5.41) is 30.9. The van der Waals surface area contributed by atoms with E-state index in [0.717, 1.165) is 38.5 Å². The van der Waals surface area contributed by atoms with E-state index >= 15 is 0 Å². The summed E-state index contributed by atoms with van der Waals surface area (Å²) in [5.41, 5.74) is 0.